The predicted octanol–water partition coefficient (Wildman–Crippen LogP) is 5.92. The summed E-state index contributed by atoms with van der Waals surface area (Å²) < 4.78 is 5.03. The molecule has 1 aromatic rings. The molecule has 0 saturated carbocycles. The van der Waals surface area contributed by atoms with Crippen LogP contribution in [-0.2, 0) is 4.74 Å². The van der Waals surface area contributed by atoms with Gasteiger partial charge in [0.2, 0.25) is 0 Å². The predicted molar refractivity (Wildman–Crippen MR) is 105 cm³/mol. The van der Waals surface area contributed by atoms with E-state index in [0.29, 0.717) is 23.2 Å². The molecule has 0 aliphatic rings. The molecule has 0 unspecified atom stereocenters. The van der Waals surface area contributed by atoms with Gasteiger partial charge in [-0.15, -0.1) is 5.54 Å². The SMILES string of the molecule is COC/C=C/c1ccc(C#C[Si](C(C)C)(C(C)C)C(C)C)cc1. The number of rotatable bonds is 6. The summed E-state index contributed by atoms with van der Waals surface area (Å²) in [5.41, 5.74) is 8.09. The largest absolute Gasteiger partial charge is 0.381 e. The van der Waals surface area contributed by atoms with E-state index in [2.05, 4.69) is 83.3 Å². The van der Waals surface area contributed by atoms with Crippen LogP contribution in [0.3, 0.4) is 0 Å². The fourth-order valence-electron chi connectivity index (χ4n) is 3.57. The van der Waals surface area contributed by atoms with Crippen LogP contribution in [0.15, 0.2) is 30.3 Å². The molecule has 0 N–H and O–H groups in total. The van der Waals surface area contributed by atoms with Gasteiger partial charge in [0.15, 0.2) is 0 Å². The first-order valence-electron chi connectivity index (χ1n) is 8.63. The molecule has 1 rings (SSSR count). The molecule has 0 aromatic heterocycles. The summed E-state index contributed by atoms with van der Waals surface area (Å²) in [7, 11) is 0.0642. The fraction of sp³-hybridized carbons (Fsp3) is 0.524. The van der Waals surface area contributed by atoms with E-state index >= 15 is 0 Å². The maximum atomic E-state index is 5.03. The van der Waals surface area contributed by atoms with Crippen molar-refractivity contribution in [2.75, 3.05) is 13.7 Å². The Balaban J connectivity index is 3.04. The summed E-state index contributed by atoms with van der Waals surface area (Å²) in [5.74, 6) is 3.49. The second kappa shape index (κ2) is 9.10. The van der Waals surface area contributed by atoms with Gasteiger partial charge in [0.1, 0.15) is 8.07 Å². The monoisotopic (exact) mass is 328 g/mol. The van der Waals surface area contributed by atoms with Gasteiger partial charge in [-0.1, -0.05) is 71.7 Å². The number of methoxy groups -OCH3 is 1. The van der Waals surface area contributed by atoms with Gasteiger partial charge in [-0.2, -0.15) is 0 Å². The van der Waals surface area contributed by atoms with Crippen LogP contribution in [0.25, 0.3) is 6.08 Å². The van der Waals surface area contributed by atoms with E-state index in [1.54, 1.807) is 7.11 Å². The first-order chi connectivity index (χ1) is 10.8. The molecular weight excluding hydrogens is 296 g/mol. The minimum atomic E-state index is -1.64. The van der Waals surface area contributed by atoms with Crippen molar-refractivity contribution in [1.82, 2.24) is 0 Å². The maximum Gasteiger partial charge on any atom is 0.146 e. The molecule has 1 aromatic carbocycles. The van der Waals surface area contributed by atoms with Gasteiger partial charge < -0.3 is 4.74 Å². The highest BCUT2D eigenvalue weighted by molar-refractivity contribution is 6.90. The third-order valence-corrected chi connectivity index (χ3v) is 11.1. The van der Waals surface area contributed by atoms with Gasteiger partial charge in [-0.3, -0.25) is 0 Å². The highest BCUT2D eigenvalue weighted by atomic mass is 28.3. The van der Waals surface area contributed by atoms with E-state index in [4.69, 9.17) is 4.74 Å². The Morgan fingerprint density at radius 1 is 0.957 bits per heavy atom. The van der Waals surface area contributed by atoms with Crippen LogP contribution in [0.2, 0.25) is 16.6 Å². The van der Waals surface area contributed by atoms with Crippen LogP contribution in [0, 0.1) is 11.5 Å². The molecule has 0 heterocycles. The Labute approximate surface area is 144 Å². The molecule has 2 heteroatoms. The summed E-state index contributed by atoms with van der Waals surface area (Å²) in [4.78, 5) is 0. The quantitative estimate of drug-likeness (QED) is 0.465. The lowest BCUT2D eigenvalue weighted by molar-refractivity contribution is 0.234. The van der Waals surface area contributed by atoms with Crippen molar-refractivity contribution in [3.05, 3.63) is 41.5 Å². The van der Waals surface area contributed by atoms with Crippen LogP contribution >= 0.6 is 0 Å². The molecule has 0 aliphatic heterocycles. The highest BCUT2D eigenvalue weighted by Gasteiger charge is 2.41. The van der Waals surface area contributed by atoms with Gasteiger partial charge in [0.25, 0.3) is 0 Å². The zero-order valence-electron chi connectivity index (χ0n) is 15.8. The van der Waals surface area contributed by atoms with Crippen molar-refractivity contribution in [3.63, 3.8) is 0 Å². The van der Waals surface area contributed by atoms with Crippen molar-refractivity contribution in [3.8, 4) is 11.5 Å². The zero-order chi connectivity index (χ0) is 17.5. The van der Waals surface area contributed by atoms with Gasteiger partial charge >= 0.3 is 0 Å². The van der Waals surface area contributed by atoms with Gasteiger partial charge in [-0.25, -0.2) is 0 Å². The van der Waals surface area contributed by atoms with E-state index in [-0.39, 0.29) is 0 Å². The Kier molecular flexibility index (Phi) is 7.82. The van der Waals surface area contributed by atoms with Gasteiger partial charge in [0, 0.05) is 12.7 Å². The smallest absolute Gasteiger partial charge is 0.146 e. The fourth-order valence-corrected chi connectivity index (χ4v) is 8.80. The minimum Gasteiger partial charge on any atom is -0.381 e. The van der Waals surface area contributed by atoms with Crippen LogP contribution < -0.4 is 0 Å². The van der Waals surface area contributed by atoms with E-state index in [1.165, 1.54) is 5.56 Å². The van der Waals surface area contributed by atoms with Crippen molar-refractivity contribution >= 4 is 14.1 Å². The van der Waals surface area contributed by atoms with E-state index in [9.17, 15) is 0 Å². The molecule has 23 heavy (non-hydrogen) atoms. The normalized spacial score (nSPS) is 12.3. The first-order valence-corrected chi connectivity index (χ1v) is 10.9. The van der Waals surface area contributed by atoms with Crippen molar-refractivity contribution in [2.45, 2.75) is 58.2 Å². The maximum absolute atomic E-state index is 5.03. The van der Waals surface area contributed by atoms with Gasteiger partial charge in [0.05, 0.1) is 6.61 Å². The van der Waals surface area contributed by atoms with Crippen LogP contribution in [0.5, 0.6) is 0 Å². The summed E-state index contributed by atoms with van der Waals surface area (Å²) in [6.07, 6.45) is 4.10. The van der Waals surface area contributed by atoms with Crippen molar-refractivity contribution < 1.29 is 4.74 Å². The van der Waals surface area contributed by atoms with Gasteiger partial charge in [-0.05, 0) is 34.3 Å². The molecule has 126 valence electrons. The average Bonchev–Trinajstić information content (AvgIpc) is 2.48. The molecular formula is C21H32OSi. The molecule has 0 atom stereocenters. The molecule has 0 saturated heterocycles. The van der Waals surface area contributed by atoms with Crippen molar-refractivity contribution in [2.24, 2.45) is 0 Å². The first kappa shape index (κ1) is 19.7. The second-order valence-corrected chi connectivity index (χ2v) is 12.7. The molecule has 1 nitrogen and oxygen atoms in total. The van der Waals surface area contributed by atoms with Crippen LogP contribution in [0.1, 0.15) is 52.7 Å². The Morgan fingerprint density at radius 3 is 1.91 bits per heavy atom. The lowest BCUT2D eigenvalue weighted by Gasteiger charge is -2.38. The number of benzene rings is 1. The molecule has 0 aliphatic carbocycles. The Morgan fingerprint density at radius 2 is 1.48 bits per heavy atom. The summed E-state index contributed by atoms with van der Waals surface area (Å²) >= 11 is 0. The third kappa shape index (κ3) is 5.09. The number of hydrogen-bond acceptors (Lipinski definition) is 1. The van der Waals surface area contributed by atoms with Crippen LogP contribution in [-0.4, -0.2) is 21.8 Å². The number of hydrogen-bond donors (Lipinski definition) is 0. The molecule has 0 radical (unpaired) electrons. The van der Waals surface area contributed by atoms with E-state index in [0.717, 1.165) is 5.56 Å². The Hall–Kier alpha value is -1.30. The summed E-state index contributed by atoms with van der Waals surface area (Å²) in [6.45, 7) is 14.8. The Bertz CT molecular complexity index is 534. The highest BCUT2D eigenvalue weighted by Crippen LogP contribution is 2.40. The van der Waals surface area contributed by atoms with E-state index in [1.807, 2.05) is 6.08 Å². The standard InChI is InChI=1S/C21H32OSi/c1-17(2)23(18(3)4,19(5)6)16-14-21-12-10-20(11-13-21)9-8-15-22-7/h8-13,17-19H,15H2,1-7H3/b9-8+. The van der Waals surface area contributed by atoms with Crippen molar-refractivity contribution in [1.29, 1.82) is 0 Å². The molecule has 0 bridgehead atoms. The topological polar surface area (TPSA) is 9.23 Å². The molecule has 0 spiro atoms. The molecule has 0 amide bonds. The summed E-state index contributed by atoms with van der Waals surface area (Å²) in [5, 5.41) is 0. The number of ether oxygens (including phenoxy) is 1. The molecule has 0 fully saturated rings. The lowest BCUT2D eigenvalue weighted by atomic mass is 10.1. The van der Waals surface area contributed by atoms with Crippen LogP contribution in [0.4, 0.5) is 0 Å². The third-order valence-electron chi connectivity index (χ3n) is 4.77. The zero-order valence-corrected chi connectivity index (χ0v) is 16.8. The summed E-state index contributed by atoms with van der Waals surface area (Å²) in [6, 6.07) is 8.50. The lowest BCUT2D eigenvalue weighted by Crippen LogP contribution is -2.43. The minimum absolute atomic E-state index is 0.646. The second-order valence-electron chi connectivity index (χ2n) is 7.13. The van der Waals surface area contributed by atoms with E-state index < -0.39 is 8.07 Å². The average molecular weight is 329 g/mol.